The Morgan fingerprint density at radius 2 is 1.90 bits per heavy atom. The average Bonchev–Trinajstić information content (AvgIpc) is 2.41. The second kappa shape index (κ2) is 8.16. The van der Waals surface area contributed by atoms with Crippen molar-refractivity contribution in [3.63, 3.8) is 0 Å². The van der Waals surface area contributed by atoms with Crippen molar-refractivity contribution in [1.29, 1.82) is 0 Å². The van der Waals surface area contributed by atoms with Crippen LogP contribution in [0.3, 0.4) is 0 Å². The fourth-order valence-electron chi connectivity index (χ4n) is 1.57. The number of rotatable bonds is 7. The molecule has 1 aromatic carbocycles. The van der Waals surface area contributed by atoms with Gasteiger partial charge in [-0.25, -0.2) is 9.59 Å². The summed E-state index contributed by atoms with van der Waals surface area (Å²) in [5.74, 6) is -1.11. The van der Waals surface area contributed by atoms with E-state index in [1.54, 1.807) is 30.3 Å². The number of carbonyl (C=O) groups is 2. The van der Waals surface area contributed by atoms with E-state index in [0.29, 0.717) is 18.7 Å². The highest BCUT2D eigenvalue weighted by Gasteiger charge is 2.21. The summed E-state index contributed by atoms with van der Waals surface area (Å²) in [7, 11) is 0. The molecule has 0 fully saturated rings. The van der Waals surface area contributed by atoms with Crippen LogP contribution in [0.5, 0.6) is 0 Å². The number of hydrogen-bond donors (Lipinski definition) is 3. The van der Waals surface area contributed by atoms with Gasteiger partial charge in [0, 0.05) is 6.54 Å². The molecule has 0 heterocycles. The monoisotopic (exact) mass is 280 g/mol. The van der Waals surface area contributed by atoms with Crippen LogP contribution in [0.1, 0.15) is 25.5 Å². The van der Waals surface area contributed by atoms with Crippen LogP contribution >= 0.6 is 0 Å². The Bertz CT molecular complexity index is 434. The number of benzene rings is 1. The summed E-state index contributed by atoms with van der Waals surface area (Å²) in [5, 5.41) is 14.1. The first-order valence-corrected chi connectivity index (χ1v) is 6.44. The molecule has 0 aliphatic heterocycles. The fraction of sp³-hybridized carbons (Fsp3) is 0.429. The molecular formula is C14H20N2O4. The third-order valence-electron chi connectivity index (χ3n) is 2.49. The molecular weight excluding hydrogens is 260 g/mol. The van der Waals surface area contributed by atoms with Gasteiger partial charge in [0.1, 0.15) is 0 Å². The van der Waals surface area contributed by atoms with Crippen molar-refractivity contribution in [2.45, 2.75) is 26.0 Å². The highest BCUT2D eigenvalue weighted by molar-refractivity contribution is 5.83. The molecule has 1 atom stereocenters. The average molecular weight is 280 g/mol. The first kappa shape index (κ1) is 16.0. The molecule has 0 radical (unpaired) electrons. The van der Waals surface area contributed by atoms with Crippen molar-refractivity contribution in [2.75, 3.05) is 13.2 Å². The van der Waals surface area contributed by atoms with E-state index in [4.69, 9.17) is 9.84 Å². The number of aliphatic carboxylic acids is 1. The smallest absolute Gasteiger partial charge is 0.330 e. The summed E-state index contributed by atoms with van der Waals surface area (Å²) >= 11 is 0. The number of carboxylic acid groups (broad SMARTS) is 1. The third kappa shape index (κ3) is 5.71. The summed E-state index contributed by atoms with van der Waals surface area (Å²) in [6.45, 7) is 4.51. The molecule has 0 saturated heterocycles. The molecule has 0 saturated carbocycles. The van der Waals surface area contributed by atoms with Gasteiger partial charge in [0.05, 0.1) is 12.7 Å². The van der Waals surface area contributed by atoms with Gasteiger partial charge in [-0.05, 0) is 19.4 Å². The van der Waals surface area contributed by atoms with E-state index in [2.05, 4.69) is 10.6 Å². The molecule has 0 aliphatic carbocycles. The van der Waals surface area contributed by atoms with Gasteiger partial charge in [-0.1, -0.05) is 30.3 Å². The predicted octanol–water partition coefficient (Wildman–Crippen LogP) is 1.54. The van der Waals surface area contributed by atoms with Crippen LogP contribution in [0.2, 0.25) is 0 Å². The van der Waals surface area contributed by atoms with Gasteiger partial charge in [0.15, 0.2) is 6.04 Å². The molecule has 0 spiro atoms. The Morgan fingerprint density at radius 3 is 2.45 bits per heavy atom. The van der Waals surface area contributed by atoms with Crippen LogP contribution in [0.15, 0.2) is 30.3 Å². The number of carbonyl (C=O) groups excluding carboxylic acids is 1. The summed E-state index contributed by atoms with van der Waals surface area (Å²) in [6.07, 6.45) is 0.0935. The SMILES string of the molecule is CC(C)OCCNC(=O)NC(C(=O)O)c1ccccc1. The molecule has 6 nitrogen and oxygen atoms in total. The van der Waals surface area contributed by atoms with E-state index in [1.807, 2.05) is 13.8 Å². The maximum absolute atomic E-state index is 11.6. The van der Waals surface area contributed by atoms with Gasteiger partial charge in [-0.15, -0.1) is 0 Å². The van der Waals surface area contributed by atoms with Crippen LogP contribution in [0.25, 0.3) is 0 Å². The molecule has 110 valence electrons. The van der Waals surface area contributed by atoms with Gasteiger partial charge in [0.2, 0.25) is 0 Å². The molecule has 0 bridgehead atoms. The van der Waals surface area contributed by atoms with E-state index < -0.39 is 18.0 Å². The van der Waals surface area contributed by atoms with Crippen LogP contribution < -0.4 is 10.6 Å². The predicted molar refractivity (Wildman–Crippen MR) is 74.4 cm³/mol. The van der Waals surface area contributed by atoms with Gasteiger partial charge >= 0.3 is 12.0 Å². The van der Waals surface area contributed by atoms with Gasteiger partial charge in [-0.3, -0.25) is 0 Å². The van der Waals surface area contributed by atoms with Crippen molar-refractivity contribution in [2.24, 2.45) is 0 Å². The Hall–Kier alpha value is -2.08. The maximum Gasteiger partial charge on any atom is 0.330 e. The summed E-state index contributed by atoms with van der Waals surface area (Å²) < 4.78 is 5.27. The number of carboxylic acids is 1. The second-order valence-corrected chi connectivity index (χ2v) is 4.50. The molecule has 2 amide bonds. The maximum atomic E-state index is 11.6. The largest absolute Gasteiger partial charge is 0.479 e. The second-order valence-electron chi connectivity index (χ2n) is 4.50. The molecule has 20 heavy (non-hydrogen) atoms. The zero-order valence-electron chi connectivity index (χ0n) is 11.6. The lowest BCUT2D eigenvalue weighted by molar-refractivity contribution is -0.139. The van der Waals surface area contributed by atoms with Crippen molar-refractivity contribution >= 4 is 12.0 Å². The van der Waals surface area contributed by atoms with Crippen LogP contribution in [-0.4, -0.2) is 36.4 Å². The molecule has 0 aromatic heterocycles. The topological polar surface area (TPSA) is 87.7 Å². The van der Waals surface area contributed by atoms with Gasteiger partial charge < -0.3 is 20.5 Å². The minimum absolute atomic E-state index is 0.0935. The highest BCUT2D eigenvalue weighted by Crippen LogP contribution is 2.12. The number of urea groups is 1. The molecule has 1 unspecified atom stereocenters. The minimum atomic E-state index is -1.11. The lowest BCUT2D eigenvalue weighted by Crippen LogP contribution is -2.42. The van der Waals surface area contributed by atoms with Crippen molar-refractivity contribution in [3.8, 4) is 0 Å². The summed E-state index contributed by atoms with van der Waals surface area (Å²) in [4.78, 5) is 22.8. The molecule has 6 heteroatoms. The van der Waals surface area contributed by atoms with Crippen LogP contribution in [0, 0.1) is 0 Å². The van der Waals surface area contributed by atoms with Crippen molar-refractivity contribution in [3.05, 3.63) is 35.9 Å². The standard InChI is InChI=1S/C14H20N2O4/c1-10(2)20-9-8-15-14(19)16-12(13(17)18)11-6-4-3-5-7-11/h3-7,10,12H,8-9H2,1-2H3,(H,17,18)(H2,15,16,19). The van der Waals surface area contributed by atoms with E-state index >= 15 is 0 Å². The van der Waals surface area contributed by atoms with E-state index in [9.17, 15) is 9.59 Å². The molecule has 1 aromatic rings. The van der Waals surface area contributed by atoms with Crippen LogP contribution in [0.4, 0.5) is 4.79 Å². The quantitative estimate of drug-likeness (QED) is 0.661. The number of nitrogens with one attached hydrogen (secondary N) is 2. The lowest BCUT2D eigenvalue weighted by atomic mass is 10.1. The first-order chi connectivity index (χ1) is 9.50. The molecule has 0 aliphatic rings. The van der Waals surface area contributed by atoms with Crippen molar-refractivity contribution in [1.82, 2.24) is 10.6 Å². The fourth-order valence-corrected chi connectivity index (χ4v) is 1.57. The molecule has 3 N–H and O–H groups in total. The third-order valence-corrected chi connectivity index (χ3v) is 2.49. The summed E-state index contributed by atoms with van der Waals surface area (Å²) in [6, 6.07) is 6.94. The van der Waals surface area contributed by atoms with Crippen LogP contribution in [-0.2, 0) is 9.53 Å². The van der Waals surface area contributed by atoms with E-state index in [-0.39, 0.29) is 6.10 Å². The zero-order chi connectivity index (χ0) is 15.0. The molecule has 1 rings (SSSR count). The summed E-state index contributed by atoms with van der Waals surface area (Å²) in [5.41, 5.74) is 0.522. The lowest BCUT2D eigenvalue weighted by Gasteiger charge is -2.15. The zero-order valence-corrected chi connectivity index (χ0v) is 11.6. The Kier molecular flexibility index (Phi) is 6.52. The van der Waals surface area contributed by atoms with Gasteiger partial charge in [0.25, 0.3) is 0 Å². The normalized spacial score (nSPS) is 11.9. The van der Waals surface area contributed by atoms with E-state index in [0.717, 1.165) is 0 Å². The Balaban J connectivity index is 2.46. The number of ether oxygens (including phenoxy) is 1. The Labute approximate surface area is 118 Å². The Morgan fingerprint density at radius 1 is 1.25 bits per heavy atom. The van der Waals surface area contributed by atoms with Crippen molar-refractivity contribution < 1.29 is 19.4 Å². The highest BCUT2D eigenvalue weighted by atomic mass is 16.5. The first-order valence-electron chi connectivity index (χ1n) is 6.44. The number of amides is 2. The van der Waals surface area contributed by atoms with E-state index in [1.165, 1.54) is 0 Å². The minimum Gasteiger partial charge on any atom is -0.479 e. The van der Waals surface area contributed by atoms with Gasteiger partial charge in [-0.2, -0.15) is 0 Å². The number of hydrogen-bond acceptors (Lipinski definition) is 3.